The summed E-state index contributed by atoms with van der Waals surface area (Å²) < 4.78 is 10.7. The van der Waals surface area contributed by atoms with Gasteiger partial charge in [-0.25, -0.2) is 0 Å². The molecule has 1 fully saturated rings. The van der Waals surface area contributed by atoms with Crippen molar-refractivity contribution < 1.29 is 9.47 Å². The van der Waals surface area contributed by atoms with Gasteiger partial charge in [0.1, 0.15) is 11.5 Å². The molecule has 1 aliphatic carbocycles. The standard InChI is InChI=1S/C19H26N4O2S/c1-24-14-9-10-15(17(11-14)25-2)16-12-18(23-22-16)21-19(26-3)20-13-7-5-4-6-8-13/h9-13H,4-8H2,1-3H3,(H2,20,21,22,23). The second-order valence-electron chi connectivity index (χ2n) is 6.29. The van der Waals surface area contributed by atoms with Crippen molar-refractivity contribution in [2.45, 2.75) is 38.1 Å². The summed E-state index contributed by atoms with van der Waals surface area (Å²) >= 11 is 1.62. The fourth-order valence-corrected chi connectivity index (χ4v) is 3.63. The lowest BCUT2D eigenvalue weighted by Gasteiger charge is -2.18. The van der Waals surface area contributed by atoms with E-state index in [0.717, 1.165) is 33.7 Å². The Morgan fingerprint density at radius 2 is 2.00 bits per heavy atom. The molecule has 6 nitrogen and oxygen atoms in total. The number of nitrogens with zero attached hydrogens (tertiary/aromatic N) is 2. The Kier molecular flexibility index (Phi) is 6.44. The molecule has 1 heterocycles. The van der Waals surface area contributed by atoms with Crippen molar-refractivity contribution in [2.24, 2.45) is 4.99 Å². The van der Waals surface area contributed by atoms with Crippen molar-refractivity contribution in [3.63, 3.8) is 0 Å². The smallest absolute Gasteiger partial charge is 0.162 e. The molecule has 0 aliphatic heterocycles. The molecule has 26 heavy (non-hydrogen) atoms. The summed E-state index contributed by atoms with van der Waals surface area (Å²) in [4.78, 5) is 4.86. The third kappa shape index (κ3) is 4.52. The van der Waals surface area contributed by atoms with E-state index in [0.29, 0.717) is 6.04 Å². The molecule has 3 rings (SSSR count). The Balaban J connectivity index is 1.76. The van der Waals surface area contributed by atoms with Gasteiger partial charge in [-0.1, -0.05) is 31.0 Å². The third-order valence-electron chi connectivity index (χ3n) is 4.58. The van der Waals surface area contributed by atoms with Gasteiger partial charge in [0.25, 0.3) is 0 Å². The number of nitrogens with one attached hydrogen (secondary N) is 2. The predicted octanol–water partition coefficient (Wildman–Crippen LogP) is 4.56. The predicted molar refractivity (Wildman–Crippen MR) is 109 cm³/mol. The van der Waals surface area contributed by atoms with Crippen LogP contribution in [0.4, 0.5) is 5.82 Å². The molecule has 0 atom stereocenters. The van der Waals surface area contributed by atoms with Crippen LogP contribution in [-0.4, -0.2) is 41.9 Å². The van der Waals surface area contributed by atoms with E-state index in [1.54, 1.807) is 26.0 Å². The van der Waals surface area contributed by atoms with E-state index in [2.05, 4.69) is 15.5 Å². The van der Waals surface area contributed by atoms with Gasteiger partial charge in [0.2, 0.25) is 0 Å². The van der Waals surface area contributed by atoms with E-state index in [1.165, 1.54) is 32.1 Å². The molecule has 0 amide bonds. The van der Waals surface area contributed by atoms with Crippen LogP contribution in [0.5, 0.6) is 11.5 Å². The van der Waals surface area contributed by atoms with Crippen LogP contribution in [0.15, 0.2) is 29.3 Å². The summed E-state index contributed by atoms with van der Waals surface area (Å²) in [5.74, 6) is 2.25. The van der Waals surface area contributed by atoms with Crippen LogP contribution >= 0.6 is 11.8 Å². The van der Waals surface area contributed by atoms with Crippen LogP contribution in [0.3, 0.4) is 0 Å². The van der Waals surface area contributed by atoms with Crippen LogP contribution in [-0.2, 0) is 0 Å². The van der Waals surface area contributed by atoms with Gasteiger partial charge in [-0.3, -0.25) is 10.1 Å². The Labute approximate surface area is 158 Å². The average molecular weight is 375 g/mol. The van der Waals surface area contributed by atoms with Crippen molar-refractivity contribution in [3.8, 4) is 22.8 Å². The number of hydrogen-bond acceptors (Lipinski definition) is 5. The number of aromatic amines is 1. The lowest BCUT2D eigenvalue weighted by atomic mass is 9.96. The first kappa shape index (κ1) is 18.6. The zero-order valence-corrected chi connectivity index (χ0v) is 16.4. The highest BCUT2D eigenvalue weighted by molar-refractivity contribution is 8.13. The highest BCUT2D eigenvalue weighted by Gasteiger charge is 2.15. The van der Waals surface area contributed by atoms with Gasteiger partial charge in [0.15, 0.2) is 11.0 Å². The summed E-state index contributed by atoms with van der Waals surface area (Å²) in [6.45, 7) is 0. The zero-order chi connectivity index (χ0) is 18.4. The van der Waals surface area contributed by atoms with E-state index in [-0.39, 0.29) is 0 Å². The van der Waals surface area contributed by atoms with Gasteiger partial charge < -0.3 is 14.8 Å². The molecule has 0 unspecified atom stereocenters. The molecule has 1 aromatic heterocycles. The Morgan fingerprint density at radius 3 is 2.69 bits per heavy atom. The van der Waals surface area contributed by atoms with E-state index < -0.39 is 0 Å². The zero-order valence-electron chi connectivity index (χ0n) is 15.5. The summed E-state index contributed by atoms with van der Waals surface area (Å²) in [6.07, 6.45) is 8.29. The Bertz CT molecular complexity index is 754. The van der Waals surface area contributed by atoms with Crippen LogP contribution < -0.4 is 14.8 Å². The quantitative estimate of drug-likeness (QED) is 0.593. The molecule has 1 aliphatic rings. The molecule has 0 saturated heterocycles. The maximum absolute atomic E-state index is 5.48. The first-order valence-corrected chi connectivity index (χ1v) is 10.1. The molecular weight excluding hydrogens is 348 g/mol. The van der Waals surface area contributed by atoms with E-state index in [9.17, 15) is 0 Å². The molecule has 2 N–H and O–H groups in total. The fraction of sp³-hybridized carbons (Fsp3) is 0.474. The minimum atomic E-state index is 0.429. The molecule has 0 bridgehead atoms. The molecule has 2 aromatic rings. The lowest BCUT2D eigenvalue weighted by Crippen LogP contribution is -2.16. The molecule has 1 saturated carbocycles. The topological polar surface area (TPSA) is 71.5 Å². The first-order valence-electron chi connectivity index (χ1n) is 8.90. The monoisotopic (exact) mass is 374 g/mol. The number of anilines is 1. The molecular formula is C19H26N4O2S. The van der Waals surface area contributed by atoms with Crippen molar-refractivity contribution >= 4 is 22.7 Å². The molecule has 140 valence electrons. The molecule has 7 heteroatoms. The highest BCUT2D eigenvalue weighted by atomic mass is 32.2. The average Bonchev–Trinajstić information content (AvgIpc) is 3.16. The number of H-pyrrole nitrogens is 1. The van der Waals surface area contributed by atoms with Crippen LogP contribution in [0.25, 0.3) is 11.3 Å². The van der Waals surface area contributed by atoms with Crippen molar-refractivity contribution in [1.29, 1.82) is 0 Å². The van der Waals surface area contributed by atoms with Gasteiger partial charge in [-0.05, 0) is 31.2 Å². The minimum absolute atomic E-state index is 0.429. The Morgan fingerprint density at radius 1 is 1.19 bits per heavy atom. The summed E-state index contributed by atoms with van der Waals surface area (Å²) in [6, 6.07) is 8.13. The number of rotatable bonds is 5. The van der Waals surface area contributed by atoms with Gasteiger partial charge >= 0.3 is 0 Å². The number of ether oxygens (including phenoxy) is 2. The second kappa shape index (κ2) is 8.98. The van der Waals surface area contributed by atoms with Gasteiger partial charge in [0, 0.05) is 17.7 Å². The maximum Gasteiger partial charge on any atom is 0.162 e. The largest absolute Gasteiger partial charge is 0.497 e. The number of thioether (sulfide) groups is 1. The van der Waals surface area contributed by atoms with Crippen molar-refractivity contribution in [1.82, 2.24) is 10.2 Å². The van der Waals surface area contributed by atoms with Crippen molar-refractivity contribution in [2.75, 3.05) is 25.8 Å². The molecule has 1 aromatic carbocycles. The Hall–Kier alpha value is -2.15. The lowest BCUT2D eigenvalue weighted by molar-refractivity contribution is 0.395. The number of aliphatic imine (C=N–C) groups is 1. The van der Waals surface area contributed by atoms with Crippen LogP contribution in [0.2, 0.25) is 0 Å². The van der Waals surface area contributed by atoms with Crippen LogP contribution in [0, 0.1) is 0 Å². The fourth-order valence-electron chi connectivity index (χ4n) is 3.17. The van der Waals surface area contributed by atoms with Gasteiger partial charge in [0.05, 0.1) is 26.0 Å². The van der Waals surface area contributed by atoms with Crippen molar-refractivity contribution in [3.05, 3.63) is 24.3 Å². The SMILES string of the molecule is COc1ccc(-c2cc(NC(=NC3CCCCC3)SC)n[nH]2)c(OC)c1. The van der Waals surface area contributed by atoms with E-state index >= 15 is 0 Å². The maximum atomic E-state index is 5.48. The third-order valence-corrected chi connectivity index (χ3v) is 5.17. The summed E-state index contributed by atoms with van der Waals surface area (Å²) in [5, 5.41) is 11.7. The van der Waals surface area contributed by atoms with Gasteiger partial charge in [-0.2, -0.15) is 5.10 Å². The number of hydrogen-bond donors (Lipinski definition) is 2. The molecule has 0 spiro atoms. The second-order valence-corrected chi connectivity index (χ2v) is 7.08. The summed E-state index contributed by atoms with van der Waals surface area (Å²) in [5.41, 5.74) is 1.81. The van der Waals surface area contributed by atoms with E-state index in [4.69, 9.17) is 14.5 Å². The normalized spacial score (nSPS) is 15.7. The minimum Gasteiger partial charge on any atom is -0.497 e. The first-order chi connectivity index (χ1) is 12.7. The number of methoxy groups -OCH3 is 2. The summed E-state index contributed by atoms with van der Waals surface area (Å²) in [7, 11) is 3.29. The van der Waals surface area contributed by atoms with Gasteiger partial charge in [-0.15, -0.1) is 0 Å². The number of benzene rings is 1. The van der Waals surface area contributed by atoms with E-state index in [1.807, 2.05) is 30.5 Å². The highest BCUT2D eigenvalue weighted by Crippen LogP contribution is 2.33. The molecule has 0 radical (unpaired) electrons. The number of amidine groups is 1. The number of aromatic nitrogens is 2. The van der Waals surface area contributed by atoms with Crippen LogP contribution in [0.1, 0.15) is 32.1 Å².